The highest BCUT2D eigenvalue weighted by molar-refractivity contribution is 5.72. The lowest BCUT2D eigenvalue weighted by Crippen LogP contribution is -2.58. The van der Waals surface area contributed by atoms with Crippen molar-refractivity contribution in [2.24, 2.45) is 63.3 Å². The number of fused-ring (bicyclic) bond motifs is 5. The third-order valence-electron chi connectivity index (χ3n) is 11.9. The number of aliphatic hydroxyl groups is 1. The van der Waals surface area contributed by atoms with Crippen molar-refractivity contribution in [3.63, 3.8) is 0 Å². The number of azide groups is 1. The van der Waals surface area contributed by atoms with E-state index in [9.17, 15) is 9.90 Å². The molecule has 0 bridgehead atoms. The second-order valence-electron chi connectivity index (χ2n) is 13.6. The summed E-state index contributed by atoms with van der Waals surface area (Å²) in [5.41, 5.74) is 9.49. The molecule has 4 aliphatic rings. The Morgan fingerprint density at radius 2 is 1.74 bits per heavy atom. The number of esters is 1. The molecular weight excluding hydrogens is 438 g/mol. The third kappa shape index (κ3) is 4.63. The van der Waals surface area contributed by atoms with Gasteiger partial charge in [-0.05, 0) is 122 Å². The summed E-state index contributed by atoms with van der Waals surface area (Å²) in [4.78, 5) is 15.4. The quantitative estimate of drug-likeness (QED) is 0.179. The standard InChI is InChI=1S/C29H49N3O3/c1-17(2)21(27(34)35-6)8-7-18(3)22-9-10-23-26-24(12-14-29(22,23)5)28(4)13-11-20(31-32-30)15-19(28)16-25(26)33/h17-26,33H,7-16H2,1-6H3/t18-,19+,20+,21?,22-,23+,24+,25-,26+,28+,29-/m1/s1. The van der Waals surface area contributed by atoms with Crippen molar-refractivity contribution in [3.8, 4) is 0 Å². The van der Waals surface area contributed by atoms with Gasteiger partial charge in [-0.3, -0.25) is 4.79 Å². The molecule has 198 valence electrons. The van der Waals surface area contributed by atoms with E-state index in [0.717, 1.165) is 38.5 Å². The number of aliphatic hydroxyl groups excluding tert-OH is 1. The molecule has 35 heavy (non-hydrogen) atoms. The Morgan fingerprint density at radius 3 is 2.40 bits per heavy atom. The molecule has 11 atom stereocenters. The predicted octanol–water partition coefficient (Wildman–Crippen LogP) is 7.16. The zero-order chi connectivity index (χ0) is 25.5. The van der Waals surface area contributed by atoms with Crippen LogP contribution in [0.1, 0.15) is 98.8 Å². The van der Waals surface area contributed by atoms with Gasteiger partial charge in [0.1, 0.15) is 0 Å². The molecule has 4 fully saturated rings. The Balaban J connectivity index is 1.48. The van der Waals surface area contributed by atoms with Crippen LogP contribution in [0.15, 0.2) is 5.11 Å². The molecule has 0 saturated heterocycles. The first-order valence-electron chi connectivity index (χ1n) is 14.4. The van der Waals surface area contributed by atoms with Crippen LogP contribution in [0.3, 0.4) is 0 Å². The number of hydrogen-bond acceptors (Lipinski definition) is 4. The molecule has 0 amide bonds. The Labute approximate surface area is 212 Å². The number of ether oxygens (including phenoxy) is 1. The maximum atomic E-state index is 12.3. The summed E-state index contributed by atoms with van der Waals surface area (Å²) in [6.45, 7) is 11.7. The van der Waals surface area contributed by atoms with Gasteiger partial charge in [-0.1, -0.05) is 39.7 Å². The molecule has 0 spiro atoms. The summed E-state index contributed by atoms with van der Waals surface area (Å²) in [5, 5.41) is 15.6. The van der Waals surface area contributed by atoms with E-state index in [1.165, 1.54) is 32.8 Å². The first-order chi connectivity index (χ1) is 16.6. The van der Waals surface area contributed by atoms with E-state index in [2.05, 4.69) is 44.6 Å². The van der Waals surface area contributed by atoms with Crippen LogP contribution >= 0.6 is 0 Å². The van der Waals surface area contributed by atoms with Gasteiger partial charge in [0, 0.05) is 11.0 Å². The normalized spacial score (nSPS) is 44.4. The summed E-state index contributed by atoms with van der Waals surface area (Å²) in [7, 11) is 1.51. The lowest BCUT2D eigenvalue weighted by Gasteiger charge is -2.62. The highest BCUT2D eigenvalue weighted by Gasteiger charge is 2.62. The Morgan fingerprint density at radius 1 is 1.06 bits per heavy atom. The first-order valence-corrected chi connectivity index (χ1v) is 14.4. The van der Waals surface area contributed by atoms with E-state index in [4.69, 9.17) is 10.3 Å². The molecule has 0 aromatic heterocycles. The monoisotopic (exact) mass is 487 g/mol. The molecule has 0 heterocycles. The van der Waals surface area contributed by atoms with Crippen molar-refractivity contribution >= 4 is 5.97 Å². The minimum absolute atomic E-state index is 0.0132. The van der Waals surface area contributed by atoms with Crippen molar-refractivity contribution in [3.05, 3.63) is 10.4 Å². The molecule has 1 unspecified atom stereocenters. The van der Waals surface area contributed by atoms with Crippen LogP contribution in [0.25, 0.3) is 10.4 Å². The topological polar surface area (TPSA) is 95.3 Å². The Bertz CT molecular complexity index is 826. The maximum absolute atomic E-state index is 12.3. The van der Waals surface area contributed by atoms with Crippen molar-refractivity contribution in [2.75, 3.05) is 7.11 Å². The van der Waals surface area contributed by atoms with Crippen LogP contribution in [0.4, 0.5) is 0 Å². The number of rotatable bonds is 7. The van der Waals surface area contributed by atoms with Crippen LogP contribution in [-0.4, -0.2) is 30.3 Å². The van der Waals surface area contributed by atoms with Crippen LogP contribution in [0.5, 0.6) is 0 Å². The lowest BCUT2D eigenvalue weighted by molar-refractivity contribution is -0.166. The molecule has 0 aromatic rings. The number of methoxy groups -OCH3 is 1. The van der Waals surface area contributed by atoms with Gasteiger partial charge >= 0.3 is 5.97 Å². The number of carbonyl (C=O) groups excluding carboxylic acids is 1. The van der Waals surface area contributed by atoms with Crippen molar-refractivity contribution in [1.82, 2.24) is 0 Å². The molecule has 0 aliphatic heterocycles. The van der Waals surface area contributed by atoms with Gasteiger partial charge in [0.25, 0.3) is 0 Å². The minimum Gasteiger partial charge on any atom is -0.469 e. The van der Waals surface area contributed by atoms with E-state index in [1.807, 2.05) is 0 Å². The Hall–Kier alpha value is -1.26. The van der Waals surface area contributed by atoms with Gasteiger partial charge in [0.15, 0.2) is 0 Å². The molecular formula is C29H49N3O3. The summed E-state index contributed by atoms with van der Waals surface area (Å²) in [6.07, 6.45) is 10.6. The zero-order valence-electron chi connectivity index (χ0n) is 22.9. The van der Waals surface area contributed by atoms with E-state index in [-0.39, 0.29) is 34.9 Å². The van der Waals surface area contributed by atoms with Gasteiger partial charge in [-0.25, -0.2) is 0 Å². The van der Waals surface area contributed by atoms with Crippen molar-refractivity contribution in [1.29, 1.82) is 0 Å². The van der Waals surface area contributed by atoms with Crippen molar-refractivity contribution < 1.29 is 14.6 Å². The molecule has 4 saturated carbocycles. The average Bonchev–Trinajstić information content (AvgIpc) is 3.17. The molecule has 6 nitrogen and oxygen atoms in total. The smallest absolute Gasteiger partial charge is 0.308 e. The van der Waals surface area contributed by atoms with Crippen LogP contribution in [0, 0.1) is 58.2 Å². The van der Waals surface area contributed by atoms with Gasteiger partial charge in [0.05, 0.1) is 19.1 Å². The van der Waals surface area contributed by atoms with Crippen LogP contribution < -0.4 is 0 Å². The minimum atomic E-state index is -0.230. The highest BCUT2D eigenvalue weighted by atomic mass is 16.5. The second-order valence-corrected chi connectivity index (χ2v) is 13.6. The molecule has 0 aromatic carbocycles. The highest BCUT2D eigenvalue weighted by Crippen LogP contribution is 2.68. The van der Waals surface area contributed by atoms with Gasteiger partial charge in [-0.15, -0.1) is 0 Å². The second kappa shape index (κ2) is 10.2. The van der Waals surface area contributed by atoms with Gasteiger partial charge < -0.3 is 9.84 Å². The first kappa shape index (κ1) is 26.8. The van der Waals surface area contributed by atoms with Crippen molar-refractivity contribution in [2.45, 2.75) is 111 Å². The lowest BCUT2D eigenvalue weighted by atomic mass is 9.43. The van der Waals surface area contributed by atoms with Gasteiger partial charge in [0.2, 0.25) is 0 Å². The average molecular weight is 488 g/mol. The summed E-state index contributed by atoms with van der Waals surface area (Å²) >= 11 is 0. The Kier molecular flexibility index (Phi) is 7.84. The molecule has 6 heteroatoms. The summed E-state index contributed by atoms with van der Waals surface area (Å²) in [5.74, 6) is 3.52. The van der Waals surface area contributed by atoms with Crippen LogP contribution in [0.2, 0.25) is 0 Å². The molecule has 4 rings (SSSR count). The largest absolute Gasteiger partial charge is 0.469 e. The van der Waals surface area contributed by atoms with Crippen LogP contribution in [-0.2, 0) is 9.53 Å². The fourth-order valence-electron chi connectivity index (χ4n) is 9.87. The zero-order valence-corrected chi connectivity index (χ0v) is 22.9. The van der Waals surface area contributed by atoms with E-state index < -0.39 is 0 Å². The fraction of sp³-hybridized carbons (Fsp3) is 0.966. The fourth-order valence-corrected chi connectivity index (χ4v) is 9.87. The van der Waals surface area contributed by atoms with E-state index >= 15 is 0 Å². The molecule has 1 N–H and O–H groups in total. The summed E-state index contributed by atoms with van der Waals surface area (Å²) in [6, 6.07) is 0.104. The maximum Gasteiger partial charge on any atom is 0.308 e. The van der Waals surface area contributed by atoms with Gasteiger partial charge in [-0.2, -0.15) is 0 Å². The summed E-state index contributed by atoms with van der Waals surface area (Å²) < 4.78 is 5.09. The number of nitrogens with zero attached hydrogens (tertiary/aromatic N) is 3. The van der Waals surface area contributed by atoms with E-state index in [1.54, 1.807) is 0 Å². The van der Waals surface area contributed by atoms with E-state index in [0.29, 0.717) is 41.4 Å². The number of hydrogen-bond donors (Lipinski definition) is 1. The molecule has 0 radical (unpaired) electrons. The SMILES string of the molecule is COC(=O)C(CC[C@@H](C)[C@H]1CC[C@H]2[C@@H]3[C@H](O)C[C@@H]4C[C@@H](N=[N+]=[N-])CC[C@]4(C)[C@H]3CC[C@]12C)C(C)C. The predicted molar refractivity (Wildman–Crippen MR) is 138 cm³/mol. The molecule has 4 aliphatic carbocycles. The number of carbonyl (C=O) groups is 1. The third-order valence-corrected chi connectivity index (χ3v) is 11.9.